The largest absolute Gasteiger partial charge is 0.494 e. The average Bonchev–Trinajstić information content (AvgIpc) is 3.19. The number of carbonyl (C=O) groups is 1. The van der Waals surface area contributed by atoms with Crippen LogP contribution in [0.5, 0.6) is 5.75 Å². The van der Waals surface area contributed by atoms with Crippen molar-refractivity contribution in [2.24, 2.45) is 0 Å². The summed E-state index contributed by atoms with van der Waals surface area (Å²) in [6.07, 6.45) is 5.17. The number of carbonyl (C=O) groups excluding carboxylic acids is 1. The zero-order chi connectivity index (χ0) is 25.5. The van der Waals surface area contributed by atoms with E-state index in [0.29, 0.717) is 33.5 Å². The van der Waals surface area contributed by atoms with Gasteiger partial charge in [0.05, 0.1) is 17.1 Å². The van der Waals surface area contributed by atoms with Crippen molar-refractivity contribution in [1.82, 2.24) is 9.30 Å². The first kappa shape index (κ1) is 26.3. The van der Waals surface area contributed by atoms with Gasteiger partial charge in [-0.25, -0.2) is 0 Å². The molecule has 0 saturated heterocycles. The van der Waals surface area contributed by atoms with E-state index in [1.54, 1.807) is 12.1 Å². The number of hydrogen-bond acceptors (Lipinski definition) is 3. The molecule has 36 heavy (non-hydrogen) atoms. The van der Waals surface area contributed by atoms with Crippen LogP contribution < -0.4 is 4.74 Å². The van der Waals surface area contributed by atoms with E-state index in [2.05, 4.69) is 18.7 Å². The van der Waals surface area contributed by atoms with Crippen molar-refractivity contribution in [3.8, 4) is 16.9 Å². The van der Waals surface area contributed by atoms with Crippen LogP contribution in [0.3, 0.4) is 0 Å². The number of halogens is 2. The molecule has 0 N–H and O–H groups in total. The number of ether oxygens (including phenoxy) is 1. The lowest BCUT2D eigenvalue weighted by Crippen LogP contribution is -2.27. The van der Waals surface area contributed by atoms with Gasteiger partial charge < -0.3 is 14.0 Å². The lowest BCUT2D eigenvalue weighted by Gasteiger charge is -2.20. The van der Waals surface area contributed by atoms with Gasteiger partial charge in [0.15, 0.2) is 0 Å². The summed E-state index contributed by atoms with van der Waals surface area (Å²) in [6, 6.07) is 20.5. The maximum Gasteiger partial charge on any atom is 0.210 e. The Morgan fingerprint density at radius 3 is 2.25 bits per heavy atom. The van der Waals surface area contributed by atoms with Crippen molar-refractivity contribution < 1.29 is 9.53 Å². The van der Waals surface area contributed by atoms with Crippen molar-refractivity contribution in [1.29, 1.82) is 0 Å². The van der Waals surface area contributed by atoms with E-state index in [1.807, 2.05) is 65.2 Å². The van der Waals surface area contributed by atoms with Crippen LogP contribution in [-0.4, -0.2) is 41.3 Å². The van der Waals surface area contributed by atoms with E-state index in [4.69, 9.17) is 27.9 Å². The molecule has 0 aliphatic rings. The quantitative estimate of drug-likeness (QED) is 0.139. The highest BCUT2D eigenvalue weighted by Crippen LogP contribution is 2.38. The fourth-order valence-corrected chi connectivity index (χ4v) is 5.04. The van der Waals surface area contributed by atoms with Crippen molar-refractivity contribution in [3.63, 3.8) is 0 Å². The second-order valence-electron chi connectivity index (χ2n) is 8.90. The molecule has 0 bridgehead atoms. The summed E-state index contributed by atoms with van der Waals surface area (Å²) in [5.74, 6) is 0.662. The molecule has 2 aromatic heterocycles. The molecule has 0 amide bonds. The molecule has 0 aliphatic carbocycles. The minimum atomic E-state index is -0.102. The van der Waals surface area contributed by atoms with Gasteiger partial charge in [-0.3, -0.25) is 4.79 Å². The maximum atomic E-state index is 13.8. The van der Waals surface area contributed by atoms with Crippen LogP contribution in [0.2, 0.25) is 10.0 Å². The number of pyridine rings is 1. The fourth-order valence-electron chi connectivity index (χ4n) is 4.56. The van der Waals surface area contributed by atoms with Gasteiger partial charge in [0.1, 0.15) is 11.4 Å². The van der Waals surface area contributed by atoms with Crippen LogP contribution in [-0.2, 0) is 0 Å². The summed E-state index contributed by atoms with van der Waals surface area (Å²) < 4.78 is 7.81. The van der Waals surface area contributed by atoms with E-state index in [0.717, 1.165) is 55.7 Å². The lowest BCUT2D eigenvalue weighted by molar-refractivity contribution is 0.103. The first-order valence-corrected chi connectivity index (χ1v) is 13.3. The third-order valence-corrected chi connectivity index (χ3v) is 6.85. The molecule has 0 aliphatic heterocycles. The van der Waals surface area contributed by atoms with Gasteiger partial charge in [-0.05, 0) is 86.4 Å². The average molecular weight is 524 g/mol. The molecule has 0 spiro atoms. The van der Waals surface area contributed by atoms with Crippen LogP contribution in [0.4, 0.5) is 0 Å². The minimum Gasteiger partial charge on any atom is -0.494 e. The number of rotatable bonds is 12. The zero-order valence-electron chi connectivity index (χ0n) is 20.8. The summed E-state index contributed by atoms with van der Waals surface area (Å²) in [5.41, 5.74) is 3.44. The molecule has 4 rings (SSSR count). The number of benzene rings is 2. The minimum absolute atomic E-state index is 0.102. The Kier molecular flexibility index (Phi) is 9.08. The van der Waals surface area contributed by atoms with Crippen molar-refractivity contribution in [2.75, 3.05) is 26.2 Å². The van der Waals surface area contributed by atoms with Crippen LogP contribution in [0.15, 0.2) is 72.9 Å². The summed E-state index contributed by atoms with van der Waals surface area (Å²) in [4.78, 5) is 16.2. The Balaban J connectivity index is 1.53. The Morgan fingerprint density at radius 1 is 0.889 bits per heavy atom. The molecular formula is C30H32Cl2N2O2. The number of nitrogens with zero attached hydrogens (tertiary/aromatic N) is 2. The van der Waals surface area contributed by atoms with E-state index < -0.39 is 0 Å². The van der Waals surface area contributed by atoms with Gasteiger partial charge in [-0.1, -0.05) is 55.2 Å². The number of hydrogen-bond donors (Lipinski definition) is 0. The summed E-state index contributed by atoms with van der Waals surface area (Å²) in [7, 11) is 0. The highest BCUT2D eigenvalue weighted by atomic mass is 35.5. The van der Waals surface area contributed by atoms with E-state index in [9.17, 15) is 4.79 Å². The molecule has 6 heteroatoms. The molecule has 0 atom stereocenters. The van der Waals surface area contributed by atoms with Gasteiger partial charge in [0.2, 0.25) is 5.78 Å². The molecule has 0 unspecified atom stereocenters. The molecule has 188 valence electrons. The molecule has 0 fully saturated rings. The molecule has 0 radical (unpaired) electrons. The molecule has 4 nitrogen and oxygen atoms in total. The zero-order valence-corrected chi connectivity index (χ0v) is 22.4. The lowest BCUT2D eigenvalue weighted by atomic mass is 10.00. The monoisotopic (exact) mass is 522 g/mol. The van der Waals surface area contributed by atoms with Crippen molar-refractivity contribution >= 4 is 34.5 Å². The SMILES string of the molecule is CCCN(CCC)CCCOc1ccc(C(=O)c2c(-c3ccc(Cl)cc3)c(Cl)c3ccccn23)cc1. The molecule has 4 aromatic rings. The van der Waals surface area contributed by atoms with Gasteiger partial charge in [0, 0.05) is 28.9 Å². The maximum absolute atomic E-state index is 13.8. The second-order valence-corrected chi connectivity index (χ2v) is 9.71. The van der Waals surface area contributed by atoms with Crippen LogP contribution in [0.1, 0.15) is 49.2 Å². The Labute approximate surface area is 223 Å². The number of fused-ring (bicyclic) bond motifs is 1. The summed E-state index contributed by atoms with van der Waals surface area (Å²) in [6.45, 7) is 8.36. The smallest absolute Gasteiger partial charge is 0.210 e. The highest BCUT2D eigenvalue weighted by Gasteiger charge is 2.24. The van der Waals surface area contributed by atoms with Crippen LogP contribution >= 0.6 is 23.2 Å². The standard InChI is InChI=1S/C30H32Cl2N2O2/c1-3-17-33(18-4-2)19-7-21-36-25-15-11-23(12-16-25)30(35)29-27(22-9-13-24(31)14-10-22)28(32)26-8-5-6-20-34(26)29/h5-6,8-16,20H,3-4,7,17-19,21H2,1-2H3. The summed E-state index contributed by atoms with van der Waals surface area (Å²) >= 11 is 12.9. The number of ketones is 1. The van der Waals surface area contributed by atoms with Gasteiger partial charge in [-0.2, -0.15) is 0 Å². The Bertz CT molecular complexity index is 1290. The third kappa shape index (κ3) is 5.95. The first-order valence-electron chi connectivity index (χ1n) is 12.6. The molecule has 0 saturated carbocycles. The van der Waals surface area contributed by atoms with E-state index in [1.165, 1.54) is 0 Å². The Hall–Kier alpha value is -2.79. The highest BCUT2D eigenvalue weighted by molar-refractivity contribution is 6.38. The van der Waals surface area contributed by atoms with E-state index in [-0.39, 0.29) is 5.78 Å². The first-order chi connectivity index (χ1) is 17.5. The van der Waals surface area contributed by atoms with Crippen molar-refractivity contribution in [2.45, 2.75) is 33.1 Å². The summed E-state index contributed by atoms with van der Waals surface area (Å²) in [5, 5.41) is 1.17. The van der Waals surface area contributed by atoms with Crippen LogP contribution in [0, 0.1) is 0 Å². The molecule has 2 aromatic carbocycles. The van der Waals surface area contributed by atoms with Gasteiger partial charge in [0.25, 0.3) is 0 Å². The van der Waals surface area contributed by atoms with Gasteiger partial charge in [-0.15, -0.1) is 0 Å². The fraction of sp³-hybridized carbons (Fsp3) is 0.300. The molecule has 2 heterocycles. The predicted molar refractivity (Wildman–Crippen MR) is 150 cm³/mol. The van der Waals surface area contributed by atoms with Crippen LogP contribution in [0.25, 0.3) is 16.6 Å². The molecular weight excluding hydrogens is 491 g/mol. The predicted octanol–water partition coefficient (Wildman–Crippen LogP) is 8.04. The van der Waals surface area contributed by atoms with Gasteiger partial charge >= 0.3 is 0 Å². The topological polar surface area (TPSA) is 34.0 Å². The second kappa shape index (κ2) is 12.4. The number of aromatic nitrogens is 1. The van der Waals surface area contributed by atoms with Crippen molar-refractivity contribution in [3.05, 3.63) is 94.2 Å². The normalized spacial score (nSPS) is 11.4. The van der Waals surface area contributed by atoms with E-state index >= 15 is 0 Å². The Morgan fingerprint density at radius 2 is 1.58 bits per heavy atom. The third-order valence-electron chi connectivity index (χ3n) is 6.21.